The first-order valence-corrected chi connectivity index (χ1v) is 14.1. The number of nitrogens with zero attached hydrogens (tertiary/aromatic N) is 5. The molecule has 4 heterocycles. The zero-order valence-electron chi connectivity index (χ0n) is 25.2. The molecule has 0 amide bonds. The van der Waals surface area contributed by atoms with Crippen molar-refractivity contribution in [3.8, 4) is 5.82 Å². The van der Waals surface area contributed by atoms with Gasteiger partial charge in [0.2, 0.25) is 0 Å². The van der Waals surface area contributed by atoms with Crippen molar-refractivity contribution in [2.24, 2.45) is 5.73 Å². The Balaban J connectivity index is 0.000000374. The van der Waals surface area contributed by atoms with E-state index in [9.17, 15) is 18.3 Å². The number of aromatic amines is 1. The van der Waals surface area contributed by atoms with Crippen molar-refractivity contribution in [1.29, 1.82) is 0 Å². The lowest BCUT2D eigenvalue weighted by Crippen LogP contribution is -2.37. The highest BCUT2D eigenvalue weighted by atomic mass is 19.4. The Bertz CT molecular complexity index is 1300. The highest BCUT2D eigenvalue weighted by Crippen LogP contribution is 2.38. The predicted molar refractivity (Wildman–Crippen MR) is 162 cm³/mol. The molecule has 0 unspecified atom stereocenters. The van der Waals surface area contributed by atoms with Crippen LogP contribution in [0.3, 0.4) is 0 Å². The van der Waals surface area contributed by atoms with E-state index in [0.717, 1.165) is 60.2 Å². The lowest BCUT2D eigenvalue weighted by Gasteiger charge is -2.32. The number of nitrogens with two attached hydrogens (primary N) is 1. The monoisotopic (exact) mass is 591 g/mol. The Morgan fingerprint density at radius 2 is 1.81 bits per heavy atom. The maximum atomic E-state index is 12.2. The lowest BCUT2D eigenvalue weighted by atomic mass is 9.84. The summed E-state index contributed by atoms with van der Waals surface area (Å²) in [5.41, 5.74) is 4.89. The molecule has 1 fully saturated rings. The van der Waals surface area contributed by atoms with E-state index < -0.39 is 17.4 Å². The molecule has 4 rings (SSSR count). The van der Waals surface area contributed by atoms with Gasteiger partial charge in [0, 0.05) is 24.5 Å². The molecule has 1 aliphatic heterocycles. The number of halogens is 3. The molecule has 0 aromatic carbocycles. The van der Waals surface area contributed by atoms with Crippen molar-refractivity contribution >= 4 is 16.9 Å². The predicted octanol–water partition coefficient (Wildman–Crippen LogP) is 5.97. The first kappa shape index (κ1) is 34.7. The van der Waals surface area contributed by atoms with Gasteiger partial charge in [0.25, 0.3) is 0 Å². The van der Waals surface area contributed by atoms with E-state index in [1.54, 1.807) is 17.1 Å². The number of aromatic nitrogens is 5. The van der Waals surface area contributed by atoms with Crippen LogP contribution in [0.5, 0.6) is 0 Å². The Kier molecular flexibility index (Phi) is 13.4. The quantitative estimate of drug-likeness (QED) is 0.263. The van der Waals surface area contributed by atoms with Crippen molar-refractivity contribution in [3.63, 3.8) is 0 Å². The number of pyridine rings is 1. The molecule has 1 aliphatic rings. The molecule has 3 aromatic heterocycles. The second-order valence-corrected chi connectivity index (χ2v) is 9.90. The summed E-state index contributed by atoms with van der Waals surface area (Å²) >= 11 is 0. The summed E-state index contributed by atoms with van der Waals surface area (Å²) in [6, 6.07) is 3.91. The van der Waals surface area contributed by atoms with Gasteiger partial charge >= 0.3 is 6.18 Å². The minimum Gasteiger partial charge on any atom is -0.385 e. The summed E-state index contributed by atoms with van der Waals surface area (Å²) < 4.78 is 43.7. The molecule has 0 spiro atoms. The van der Waals surface area contributed by atoms with E-state index in [0.29, 0.717) is 26.1 Å². The van der Waals surface area contributed by atoms with Gasteiger partial charge in [0.15, 0.2) is 11.5 Å². The van der Waals surface area contributed by atoms with Crippen molar-refractivity contribution in [2.75, 3.05) is 38.3 Å². The summed E-state index contributed by atoms with van der Waals surface area (Å²) in [6.07, 6.45) is 6.06. The number of aliphatic hydroxyl groups is 1. The van der Waals surface area contributed by atoms with E-state index in [4.69, 9.17) is 9.72 Å². The molecule has 9 nitrogen and oxygen atoms in total. The van der Waals surface area contributed by atoms with Gasteiger partial charge < -0.3 is 20.5 Å². The normalized spacial score (nSPS) is 13.8. The van der Waals surface area contributed by atoms with Crippen LogP contribution in [0.15, 0.2) is 60.5 Å². The Labute approximate surface area is 245 Å². The highest BCUT2D eigenvalue weighted by Gasteiger charge is 2.33. The van der Waals surface area contributed by atoms with Crippen molar-refractivity contribution < 1.29 is 23.0 Å². The van der Waals surface area contributed by atoms with Gasteiger partial charge in [-0.2, -0.15) is 28.1 Å². The minimum absolute atomic E-state index is 0.251. The minimum atomic E-state index is -4.27. The van der Waals surface area contributed by atoms with Gasteiger partial charge in [-0.15, -0.1) is 0 Å². The molecule has 12 heteroatoms. The van der Waals surface area contributed by atoms with E-state index in [1.165, 1.54) is 33.0 Å². The van der Waals surface area contributed by atoms with Gasteiger partial charge in [-0.05, 0) is 45.4 Å². The highest BCUT2D eigenvalue weighted by molar-refractivity contribution is 5.83. The molecule has 1 saturated heterocycles. The smallest absolute Gasteiger partial charge is 0.385 e. The summed E-state index contributed by atoms with van der Waals surface area (Å²) in [4.78, 5) is 7.14. The van der Waals surface area contributed by atoms with Crippen LogP contribution in [0.25, 0.3) is 16.9 Å². The molecule has 0 atom stereocenters. The number of nitrogens with one attached hydrogen (secondary N) is 1. The van der Waals surface area contributed by atoms with E-state index in [2.05, 4.69) is 52.4 Å². The van der Waals surface area contributed by atoms with Crippen molar-refractivity contribution in [1.82, 2.24) is 25.0 Å². The number of anilines is 1. The molecule has 0 bridgehead atoms. The molecule has 42 heavy (non-hydrogen) atoms. The number of fused-ring (bicyclic) bond motifs is 1. The van der Waals surface area contributed by atoms with Crippen LogP contribution in [0.1, 0.15) is 58.9 Å². The number of alkyl halides is 3. The number of ether oxygens (including phenoxy) is 1. The number of allylic oxidation sites excluding steroid dienone is 5. The summed E-state index contributed by atoms with van der Waals surface area (Å²) in [5, 5.41) is 24.0. The molecule has 3 aromatic rings. The number of rotatable bonds is 9. The average Bonchev–Trinajstić information content (AvgIpc) is 3.64. The Morgan fingerprint density at radius 3 is 2.31 bits per heavy atom. The van der Waals surface area contributed by atoms with Crippen molar-refractivity contribution in [3.05, 3.63) is 66.0 Å². The molecule has 4 N–H and O–H groups in total. The van der Waals surface area contributed by atoms with Gasteiger partial charge in [0.1, 0.15) is 5.82 Å². The molecule has 0 radical (unpaired) electrons. The summed E-state index contributed by atoms with van der Waals surface area (Å²) in [7, 11) is 1.50. The van der Waals surface area contributed by atoms with E-state index in [1.807, 2.05) is 6.07 Å². The molecule has 0 aliphatic carbocycles. The van der Waals surface area contributed by atoms with E-state index in [-0.39, 0.29) is 5.57 Å². The molecule has 232 valence electrons. The second-order valence-electron chi connectivity index (χ2n) is 9.90. The number of hydrogen-bond donors (Lipinski definition) is 3. The zero-order valence-corrected chi connectivity index (χ0v) is 25.2. The number of morpholine rings is 1. The Hall–Kier alpha value is -3.48. The number of hydrogen-bond acceptors (Lipinski definition) is 7. The number of H-pyrrole nitrogens is 1. The largest absolute Gasteiger partial charge is 0.416 e. The van der Waals surface area contributed by atoms with Crippen LogP contribution in [0.4, 0.5) is 19.0 Å². The third-order valence-electron chi connectivity index (χ3n) is 6.65. The van der Waals surface area contributed by atoms with Gasteiger partial charge in [-0.1, -0.05) is 57.1 Å². The van der Waals surface area contributed by atoms with Gasteiger partial charge in [-0.3, -0.25) is 5.10 Å². The van der Waals surface area contributed by atoms with Crippen molar-refractivity contribution in [2.45, 2.75) is 65.2 Å². The fourth-order valence-electron chi connectivity index (χ4n) is 4.80. The maximum absolute atomic E-state index is 12.2. The molecular formula is C30H44F3N7O2. The lowest BCUT2D eigenvalue weighted by molar-refractivity contribution is -0.0889. The average molecular weight is 592 g/mol. The molecule has 0 saturated carbocycles. The molecular weight excluding hydrogens is 547 g/mol. The topological polar surface area (TPSA) is 118 Å². The first-order chi connectivity index (χ1) is 20.1. The van der Waals surface area contributed by atoms with Crippen LogP contribution in [-0.2, 0) is 10.3 Å². The Morgan fingerprint density at radius 1 is 1.17 bits per heavy atom. The van der Waals surface area contributed by atoms with Gasteiger partial charge in [0.05, 0.1) is 36.8 Å². The van der Waals surface area contributed by atoms with E-state index >= 15 is 0 Å². The first-order valence-electron chi connectivity index (χ1n) is 14.1. The van der Waals surface area contributed by atoms with Crippen LogP contribution in [0, 0.1) is 0 Å². The maximum Gasteiger partial charge on any atom is 0.416 e. The summed E-state index contributed by atoms with van der Waals surface area (Å²) in [6.45, 7) is 13.3. The van der Waals surface area contributed by atoms with Crippen LogP contribution < -0.4 is 10.6 Å². The third-order valence-corrected chi connectivity index (χ3v) is 6.65. The van der Waals surface area contributed by atoms with Crippen LogP contribution in [0.2, 0.25) is 0 Å². The standard InChI is InChI=1S/C20H28N6O2.C9H11F3.CH5N/c1-3-6-20(27,7-4-2)16-13-18(25-9-11-28-12-10-25)23-19-15(16)14-22-26(19)17-5-8-21-24-17;1-4-5-6-8(7(2)3)9(10,11)12;1-2/h5,8,13-14,27H,3-4,6-7,9-12H2,1-2H3,(H,21,24);4-6H,1H2,2-3H3;2H2,1H3/b;6-5-;. The second kappa shape index (κ2) is 16.2. The zero-order chi connectivity index (χ0) is 31.3. The van der Waals surface area contributed by atoms with Crippen LogP contribution >= 0.6 is 0 Å². The fraction of sp³-hybridized carbons (Fsp3) is 0.500. The van der Waals surface area contributed by atoms with Crippen LogP contribution in [-0.4, -0.2) is 69.6 Å². The van der Waals surface area contributed by atoms with Gasteiger partial charge in [-0.25, -0.2) is 4.98 Å². The third kappa shape index (κ3) is 8.76. The summed E-state index contributed by atoms with van der Waals surface area (Å²) in [5.74, 6) is 1.61. The fourth-order valence-corrected chi connectivity index (χ4v) is 4.80. The SMILES string of the molecule is C=C/C=C\C(=C(C)C)C(F)(F)F.CCCC(O)(CCC)c1cc(N2CCOCC2)nc2c1cnn2-c1ccn[nH]1.CN.